The number of ether oxygens (including phenoxy) is 3. The highest BCUT2D eigenvalue weighted by atomic mass is 127. The molecule has 1 aliphatic heterocycles. The number of carbonyl (C=O) groups excluding carboxylic acids is 2. The van der Waals surface area contributed by atoms with Gasteiger partial charge in [-0.1, -0.05) is 0 Å². The van der Waals surface area contributed by atoms with Crippen LogP contribution in [-0.2, 0) is 14.2 Å². The van der Waals surface area contributed by atoms with Gasteiger partial charge in [-0.05, 0) is 160 Å². The Hall–Kier alpha value is 1.68. The molecule has 184 valence electrons. The normalized spacial score (nSPS) is 15.1. The lowest BCUT2D eigenvalue weighted by molar-refractivity contribution is -0.908. The number of esters is 2. The molecular weight excluding hydrogens is 1120 g/mol. The summed E-state index contributed by atoms with van der Waals surface area (Å²) in [5.41, 5.74) is 1.09. The fourth-order valence-electron chi connectivity index (χ4n) is 3.33. The summed E-state index contributed by atoms with van der Waals surface area (Å²) in [4.78, 5) is 27.4. The molecule has 1 aliphatic rings. The van der Waals surface area contributed by atoms with Gasteiger partial charge in [0.25, 0.3) is 0 Å². The molecular formula is C22H20I6NO5+. The number of nitrogens with one attached hydrogen (secondary N) is 1. The average Bonchev–Trinajstić information content (AvgIpc) is 2.81. The van der Waals surface area contributed by atoms with Gasteiger partial charge in [0.1, 0.15) is 25.8 Å². The zero-order chi connectivity index (χ0) is 24.8. The molecule has 0 aromatic heterocycles. The summed E-state index contributed by atoms with van der Waals surface area (Å²) >= 11 is 13.1. The molecule has 12 heteroatoms. The number of hydrogen-bond acceptors (Lipinski definition) is 5. The summed E-state index contributed by atoms with van der Waals surface area (Å²) < 4.78 is 22.6. The van der Waals surface area contributed by atoms with Crippen molar-refractivity contribution in [2.45, 2.75) is 12.5 Å². The summed E-state index contributed by atoms with van der Waals surface area (Å²) in [6, 6.07) is 7.73. The topological polar surface area (TPSA) is 66.3 Å². The Morgan fingerprint density at radius 1 is 0.912 bits per heavy atom. The Bertz CT molecular complexity index is 1060. The van der Waals surface area contributed by atoms with Crippen LogP contribution in [-0.4, -0.2) is 57.5 Å². The van der Waals surface area contributed by atoms with Crippen LogP contribution in [0.1, 0.15) is 27.1 Å². The number of morpholine rings is 1. The van der Waals surface area contributed by atoms with Crippen LogP contribution in [0.5, 0.6) is 0 Å². The Morgan fingerprint density at radius 3 is 2.29 bits per heavy atom. The minimum atomic E-state index is -0.531. The largest absolute Gasteiger partial charge is 0.458 e. The Labute approximate surface area is 280 Å². The first-order chi connectivity index (χ1) is 16.2. The van der Waals surface area contributed by atoms with Gasteiger partial charge in [-0.15, -0.1) is 0 Å². The van der Waals surface area contributed by atoms with E-state index in [-0.39, 0.29) is 6.61 Å². The molecule has 1 N–H and O–H groups in total. The highest BCUT2D eigenvalue weighted by Gasteiger charge is 2.25. The molecule has 0 spiro atoms. The fourth-order valence-corrected chi connectivity index (χ4v) is 8.03. The molecule has 1 atom stereocenters. The zero-order valence-corrected chi connectivity index (χ0v) is 30.6. The second-order valence-electron chi connectivity index (χ2n) is 7.49. The number of carbonyl (C=O) groups is 2. The third-order valence-electron chi connectivity index (χ3n) is 5.15. The number of rotatable bonds is 8. The Kier molecular flexibility index (Phi) is 13.1. The molecule has 0 saturated carbocycles. The first kappa shape index (κ1) is 30.2. The average molecular weight is 1140 g/mol. The second-order valence-corrected chi connectivity index (χ2v) is 14.4. The van der Waals surface area contributed by atoms with Crippen molar-refractivity contribution in [2.75, 3.05) is 39.5 Å². The van der Waals surface area contributed by atoms with Crippen molar-refractivity contribution in [3.63, 3.8) is 0 Å². The molecule has 0 amide bonds. The van der Waals surface area contributed by atoms with Crippen LogP contribution in [0.4, 0.5) is 0 Å². The number of benzene rings is 2. The van der Waals surface area contributed by atoms with Crippen LogP contribution in [0.2, 0.25) is 0 Å². The molecule has 2 aromatic carbocycles. The zero-order valence-electron chi connectivity index (χ0n) is 17.6. The highest BCUT2D eigenvalue weighted by Crippen LogP contribution is 2.26. The van der Waals surface area contributed by atoms with Crippen LogP contribution in [0.15, 0.2) is 24.3 Å². The van der Waals surface area contributed by atoms with Crippen molar-refractivity contribution in [2.24, 2.45) is 0 Å². The van der Waals surface area contributed by atoms with Crippen LogP contribution >= 0.6 is 136 Å². The predicted molar refractivity (Wildman–Crippen MR) is 180 cm³/mol. The van der Waals surface area contributed by atoms with Gasteiger partial charge in [-0.2, -0.15) is 0 Å². The molecule has 1 fully saturated rings. The van der Waals surface area contributed by atoms with Gasteiger partial charge < -0.3 is 19.1 Å². The maximum Gasteiger partial charge on any atom is 0.340 e. The van der Waals surface area contributed by atoms with Gasteiger partial charge >= 0.3 is 11.9 Å². The molecule has 34 heavy (non-hydrogen) atoms. The van der Waals surface area contributed by atoms with E-state index in [1.165, 1.54) is 4.90 Å². The summed E-state index contributed by atoms with van der Waals surface area (Å²) in [6.07, 6.45) is 0.0724. The lowest BCUT2D eigenvalue weighted by Gasteiger charge is -2.26. The monoisotopic (exact) mass is 1140 g/mol. The number of quaternary nitrogens is 1. The van der Waals surface area contributed by atoms with Crippen LogP contribution in [0.25, 0.3) is 0 Å². The van der Waals surface area contributed by atoms with Gasteiger partial charge in [-0.25, -0.2) is 9.59 Å². The van der Waals surface area contributed by atoms with Crippen molar-refractivity contribution in [1.82, 2.24) is 0 Å². The van der Waals surface area contributed by atoms with Crippen molar-refractivity contribution in [1.29, 1.82) is 0 Å². The number of hydrogen-bond donors (Lipinski definition) is 1. The van der Waals surface area contributed by atoms with Crippen LogP contribution < -0.4 is 4.90 Å². The molecule has 2 aromatic rings. The third kappa shape index (κ3) is 8.60. The van der Waals surface area contributed by atoms with E-state index >= 15 is 0 Å². The molecule has 0 bridgehead atoms. The van der Waals surface area contributed by atoms with Gasteiger partial charge in [-0.3, -0.25) is 0 Å². The summed E-state index contributed by atoms with van der Waals surface area (Å²) in [7, 11) is 0. The van der Waals surface area contributed by atoms with Crippen molar-refractivity contribution >= 4 is 147 Å². The van der Waals surface area contributed by atoms with E-state index in [1.807, 2.05) is 24.3 Å². The fraction of sp³-hybridized carbons (Fsp3) is 0.364. The van der Waals surface area contributed by atoms with E-state index in [9.17, 15) is 9.59 Å². The quantitative estimate of drug-likeness (QED) is 0.230. The molecule has 1 saturated heterocycles. The standard InChI is InChI=1S/C22H19I6NO5/c23-12-9-14(19(27)17(26)10-12)21(30)34-13(3-4-29-5-7-32-8-6-29)11-33-22(31)18-15(24)1-2-16(25)20(18)28/h1-2,9-10,13H,3-8,11H2/p+1. The molecule has 1 unspecified atom stereocenters. The molecule has 1 heterocycles. The van der Waals surface area contributed by atoms with Crippen molar-refractivity contribution in [3.8, 4) is 0 Å². The highest BCUT2D eigenvalue weighted by molar-refractivity contribution is 14.1. The predicted octanol–water partition coefficient (Wildman–Crippen LogP) is 5.00. The Morgan fingerprint density at radius 2 is 1.59 bits per heavy atom. The second kappa shape index (κ2) is 14.7. The van der Waals surface area contributed by atoms with E-state index in [0.29, 0.717) is 17.5 Å². The summed E-state index contributed by atoms with van der Waals surface area (Å²) in [6.45, 7) is 4.15. The molecule has 0 radical (unpaired) electrons. The minimum Gasteiger partial charge on any atom is -0.458 e. The van der Waals surface area contributed by atoms with Gasteiger partial charge in [0.15, 0.2) is 0 Å². The van der Waals surface area contributed by atoms with E-state index in [1.54, 1.807) is 0 Å². The maximum atomic E-state index is 13.1. The molecule has 0 aliphatic carbocycles. The first-order valence-electron chi connectivity index (χ1n) is 10.2. The van der Waals surface area contributed by atoms with E-state index in [4.69, 9.17) is 14.2 Å². The van der Waals surface area contributed by atoms with Crippen molar-refractivity contribution in [3.05, 3.63) is 56.8 Å². The third-order valence-corrected chi connectivity index (χ3v) is 12.8. The van der Waals surface area contributed by atoms with Crippen molar-refractivity contribution < 1.29 is 28.7 Å². The van der Waals surface area contributed by atoms with Gasteiger partial charge in [0, 0.05) is 27.8 Å². The van der Waals surface area contributed by atoms with E-state index in [0.717, 1.165) is 54.3 Å². The van der Waals surface area contributed by atoms with Crippen LogP contribution in [0, 0.1) is 21.4 Å². The number of halogens is 6. The van der Waals surface area contributed by atoms with E-state index in [2.05, 4.69) is 136 Å². The SMILES string of the molecule is O=C(OC(CC[NH+]1CCOCC1)COC(=O)c1c(I)ccc(I)c1I)c1cc(I)cc(I)c1I. The smallest absolute Gasteiger partial charge is 0.340 e. The van der Waals surface area contributed by atoms with Gasteiger partial charge in [0.2, 0.25) is 0 Å². The minimum absolute atomic E-state index is 0.0174. The molecule has 3 rings (SSSR count). The summed E-state index contributed by atoms with van der Waals surface area (Å²) in [5.74, 6) is -0.789. The lowest BCUT2D eigenvalue weighted by atomic mass is 10.2. The summed E-state index contributed by atoms with van der Waals surface area (Å²) in [5, 5.41) is 0. The van der Waals surface area contributed by atoms with Crippen LogP contribution in [0.3, 0.4) is 0 Å². The Balaban J connectivity index is 1.73. The van der Waals surface area contributed by atoms with Gasteiger partial charge in [0.05, 0.1) is 30.9 Å². The lowest BCUT2D eigenvalue weighted by Crippen LogP contribution is -3.14. The molecule has 6 nitrogen and oxygen atoms in total. The first-order valence-corrected chi connectivity index (χ1v) is 16.7. The van der Waals surface area contributed by atoms with E-state index < -0.39 is 18.0 Å². The maximum absolute atomic E-state index is 13.1.